The molecule has 2 heterocycles. The van der Waals surface area contributed by atoms with Crippen molar-refractivity contribution in [2.45, 2.75) is 44.6 Å². The van der Waals surface area contributed by atoms with Gasteiger partial charge in [-0.05, 0) is 37.7 Å². The Morgan fingerprint density at radius 2 is 1.93 bits per heavy atom. The molecule has 2 N–H and O–H groups in total. The van der Waals surface area contributed by atoms with E-state index in [0.717, 1.165) is 57.3 Å². The molecule has 0 radical (unpaired) electrons. The smallest absolute Gasteiger partial charge is 0.225 e. The van der Waals surface area contributed by atoms with Gasteiger partial charge >= 0.3 is 0 Å². The van der Waals surface area contributed by atoms with Crippen LogP contribution < -0.4 is 5.73 Å². The maximum Gasteiger partial charge on any atom is 0.225 e. The lowest BCUT2D eigenvalue weighted by atomic mass is 9.77. The van der Waals surface area contributed by atoms with Gasteiger partial charge in [0.25, 0.3) is 0 Å². The first-order chi connectivity index (χ1) is 13.5. The summed E-state index contributed by atoms with van der Waals surface area (Å²) in [4.78, 5) is 29.3. The highest BCUT2D eigenvalue weighted by molar-refractivity contribution is 5.81. The Morgan fingerprint density at radius 3 is 2.61 bits per heavy atom. The van der Waals surface area contributed by atoms with Gasteiger partial charge in [0.05, 0.1) is 0 Å². The quantitative estimate of drug-likeness (QED) is 0.872. The van der Waals surface area contributed by atoms with Gasteiger partial charge in [-0.25, -0.2) is 0 Å². The van der Waals surface area contributed by atoms with Gasteiger partial charge in [-0.1, -0.05) is 42.5 Å². The summed E-state index contributed by atoms with van der Waals surface area (Å²) in [6.45, 7) is 3.05. The molecule has 0 aromatic heterocycles. The Hall–Kier alpha value is -2.14. The zero-order valence-corrected chi connectivity index (χ0v) is 16.6. The summed E-state index contributed by atoms with van der Waals surface area (Å²) in [7, 11) is 0. The maximum absolute atomic E-state index is 12.7. The number of carbonyl (C=O) groups is 2. The number of benzene rings is 1. The number of amides is 2. The van der Waals surface area contributed by atoms with Gasteiger partial charge in [0.2, 0.25) is 11.8 Å². The third kappa shape index (κ3) is 4.14. The van der Waals surface area contributed by atoms with Crippen molar-refractivity contribution in [1.82, 2.24) is 9.80 Å². The average Bonchev–Trinajstić information content (AvgIpc) is 3.26. The lowest BCUT2D eigenvalue weighted by Crippen LogP contribution is -2.46. The van der Waals surface area contributed by atoms with Crippen molar-refractivity contribution in [3.63, 3.8) is 0 Å². The SMILES string of the molecule is N[C@@H]1CC[C@H](C(=O)N2CCC3(CC2)CC(=O)N(CC=Cc2ccccc2)C3)C1. The Bertz CT molecular complexity index is 737. The number of nitrogens with zero attached hydrogens (tertiary/aromatic N) is 2. The minimum absolute atomic E-state index is 0.0561. The minimum Gasteiger partial charge on any atom is -0.342 e. The second-order valence-corrected chi connectivity index (χ2v) is 8.86. The molecule has 4 rings (SSSR count). The first-order valence-corrected chi connectivity index (χ1v) is 10.6. The minimum atomic E-state index is 0.0561. The van der Waals surface area contributed by atoms with Crippen LogP contribution in [-0.4, -0.2) is 53.8 Å². The van der Waals surface area contributed by atoms with Gasteiger partial charge in [-0.15, -0.1) is 0 Å². The summed E-state index contributed by atoms with van der Waals surface area (Å²) in [5.74, 6) is 0.655. The van der Waals surface area contributed by atoms with Crippen LogP contribution in [0.4, 0.5) is 0 Å². The molecule has 150 valence electrons. The molecule has 5 heteroatoms. The van der Waals surface area contributed by atoms with Crippen molar-refractivity contribution in [1.29, 1.82) is 0 Å². The van der Waals surface area contributed by atoms with Crippen molar-refractivity contribution >= 4 is 17.9 Å². The van der Waals surface area contributed by atoms with E-state index in [1.807, 2.05) is 28.0 Å². The van der Waals surface area contributed by atoms with Gasteiger partial charge in [0.15, 0.2) is 0 Å². The van der Waals surface area contributed by atoms with E-state index < -0.39 is 0 Å². The van der Waals surface area contributed by atoms with Crippen LogP contribution in [0.15, 0.2) is 36.4 Å². The summed E-state index contributed by atoms with van der Waals surface area (Å²) >= 11 is 0. The second kappa shape index (κ2) is 8.08. The molecule has 1 spiro atoms. The van der Waals surface area contributed by atoms with E-state index in [-0.39, 0.29) is 29.2 Å². The summed E-state index contributed by atoms with van der Waals surface area (Å²) in [6.07, 6.45) is 9.38. The van der Waals surface area contributed by atoms with E-state index in [9.17, 15) is 9.59 Å². The van der Waals surface area contributed by atoms with E-state index in [0.29, 0.717) is 13.0 Å². The third-order valence-corrected chi connectivity index (χ3v) is 6.80. The Balaban J connectivity index is 1.29. The molecule has 1 aromatic carbocycles. The lowest BCUT2D eigenvalue weighted by Gasteiger charge is -2.39. The number of nitrogens with two attached hydrogens (primary N) is 1. The van der Waals surface area contributed by atoms with Gasteiger partial charge in [0.1, 0.15) is 0 Å². The number of piperidine rings is 1. The highest BCUT2D eigenvalue weighted by Gasteiger charge is 2.45. The summed E-state index contributed by atoms with van der Waals surface area (Å²) < 4.78 is 0. The molecule has 2 atom stereocenters. The average molecular weight is 382 g/mol. The predicted molar refractivity (Wildman–Crippen MR) is 110 cm³/mol. The Labute approximate surface area is 167 Å². The van der Waals surface area contributed by atoms with Crippen LogP contribution >= 0.6 is 0 Å². The topological polar surface area (TPSA) is 66.6 Å². The zero-order valence-electron chi connectivity index (χ0n) is 16.6. The maximum atomic E-state index is 12.7. The zero-order chi connectivity index (χ0) is 19.6. The van der Waals surface area contributed by atoms with E-state index in [4.69, 9.17) is 5.73 Å². The van der Waals surface area contributed by atoms with Crippen molar-refractivity contribution in [3.8, 4) is 0 Å². The molecular formula is C23H31N3O2. The number of hydrogen-bond donors (Lipinski definition) is 1. The fraction of sp³-hybridized carbons (Fsp3) is 0.565. The molecular weight excluding hydrogens is 350 g/mol. The molecule has 2 saturated heterocycles. The van der Waals surface area contributed by atoms with E-state index in [1.54, 1.807) is 0 Å². The molecule has 2 amide bonds. The number of rotatable bonds is 4. The first-order valence-electron chi connectivity index (χ1n) is 10.6. The van der Waals surface area contributed by atoms with Crippen LogP contribution in [-0.2, 0) is 9.59 Å². The second-order valence-electron chi connectivity index (χ2n) is 8.86. The van der Waals surface area contributed by atoms with Crippen LogP contribution in [0.1, 0.15) is 44.1 Å². The number of likely N-dealkylation sites (tertiary alicyclic amines) is 2. The van der Waals surface area contributed by atoms with Crippen LogP contribution in [0.2, 0.25) is 0 Å². The van der Waals surface area contributed by atoms with Crippen LogP contribution in [0.25, 0.3) is 6.08 Å². The standard InChI is InChI=1S/C23H31N3O2/c24-20-9-8-19(15-20)22(28)25-13-10-23(11-14-25)16-21(27)26(17-23)12-4-7-18-5-2-1-3-6-18/h1-7,19-20H,8-17,24H2/t19-,20+/m0/s1. The molecule has 0 unspecified atom stereocenters. The summed E-state index contributed by atoms with van der Waals surface area (Å²) in [5.41, 5.74) is 7.19. The van der Waals surface area contributed by atoms with Crippen molar-refractivity contribution < 1.29 is 9.59 Å². The number of carbonyl (C=O) groups excluding carboxylic acids is 2. The summed E-state index contributed by atoms with van der Waals surface area (Å²) in [5, 5.41) is 0. The molecule has 28 heavy (non-hydrogen) atoms. The molecule has 3 fully saturated rings. The van der Waals surface area contributed by atoms with Gasteiger partial charge in [-0.3, -0.25) is 9.59 Å². The first kappa shape index (κ1) is 19.2. The van der Waals surface area contributed by atoms with Crippen LogP contribution in [0.5, 0.6) is 0 Å². The van der Waals surface area contributed by atoms with Crippen LogP contribution in [0, 0.1) is 11.3 Å². The van der Waals surface area contributed by atoms with Gasteiger partial charge in [0, 0.05) is 50.0 Å². The predicted octanol–water partition coefficient (Wildman–Crippen LogP) is 2.67. The highest BCUT2D eigenvalue weighted by Crippen LogP contribution is 2.41. The lowest BCUT2D eigenvalue weighted by molar-refractivity contribution is -0.137. The Kier molecular flexibility index (Phi) is 5.54. The van der Waals surface area contributed by atoms with E-state index in [2.05, 4.69) is 24.3 Å². The largest absolute Gasteiger partial charge is 0.342 e. The van der Waals surface area contributed by atoms with Crippen LogP contribution in [0.3, 0.4) is 0 Å². The molecule has 2 aliphatic heterocycles. The molecule has 1 aliphatic carbocycles. The van der Waals surface area contributed by atoms with Gasteiger partial charge in [-0.2, -0.15) is 0 Å². The monoisotopic (exact) mass is 381 g/mol. The molecule has 3 aliphatic rings. The fourth-order valence-corrected chi connectivity index (χ4v) is 5.06. The molecule has 5 nitrogen and oxygen atoms in total. The fourth-order valence-electron chi connectivity index (χ4n) is 5.06. The van der Waals surface area contributed by atoms with Crippen molar-refractivity contribution in [3.05, 3.63) is 42.0 Å². The Morgan fingerprint density at radius 1 is 1.18 bits per heavy atom. The normalized spacial score (nSPS) is 27.2. The van der Waals surface area contributed by atoms with Crippen molar-refractivity contribution in [2.24, 2.45) is 17.1 Å². The summed E-state index contributed by atoms with van der Waals surface area (Å²) in [6, 6.07) is 10.4. The molecule has 1 aromatic rings. The molecule has 0 bridgehead atoms. The number of hydrogen-bond acceptors (Lipinski definition) is 3. The van der Waals surface area contributed by atoms with E-state index in [1.165, 1.54) is 0 Å². The van der Waals surface area contributed by atoms with Crippen molar-refractivity contribution in [2.75, 3.05) is 26.2 Å². The van der Waals surface area contributed by atoms with E-state index >= 15 is 0 Å². The highest BCUT2D eigenvalue weighted by atomic mass is 16.2. The molecule has 1 saturated carbocycles. The third-order valence-electron chi connectivity index (χ3n) is 6.80. The van der Waals surface area contributed by atoms with Gasteiger partial charge < -0.3 is 15.5 Å².